The largest absolute Gasteiger partial charge is 0.341 e. The van der Waals surface area contributed by atoms with Gasteiger partial charge in [-0.2, -0.15) is 0 Å². The maximum atomic E-state index is 13.1. The number of amides is 2. The predicted octanol–water partition coefficient (Wildman–Crippen LogP) is 3.57. The van der Waals surface area contributed by atoms with Crippen LogP contribution in [0, 0.1) is 0 Å². The summed E-state index contributed by atoms with van der Waals surface area (Å²) < 4.78 is 0. The number of likely N-dealkylation sites (tertiary alicyclic amines) is 1. The van der Waals surface area contributed by atoms with E-state index in [9.17, 15) is 9.59 Å². The Balaban J connectivity index is 1.74. The minimum atomic E-state index is -0.485. The highest BCUT2D eigenvalue weighted by atomic mass is 35.5. The minimum absolute atomic E-state index is 0.0479. The van der Waals surface area contributed by atoms with E-state index in [-0.39, 0.29) is 18.4 Å². The molecule has 2 amide bonds. The molecule has 3 rings (SSSR count). The SMILES string of the molecule is CN(CC(=O)Nc1ccccc1Cl)[C@H](C(=O)N1CCCC1)c1ccccc1. The first-order valence-electron chi connectivity index (χ1n) is 9.14. The summed E-state index contributed by atoms with van der Waals surface area (Å²) in [5, 5.41) is 3.31. The monoisotopic (exact) mass is 385 g/mol. The van der Waals surface area contributed by atoms with Crippen molar-refractivity contribution in [2.75, 3.05) is 32.0 Å². The highest BCUT2D eigenvalue weighted by molar-refractivity contribution is 6.33. The molecule has 1 aliphatic heterocycles. The number of hydrogen-bond acceptors (Lipinski definition) is 3. The molecule has 0 unspecified atom stereocenters. The fourth-order valence-electron chi connectivity index (χ4n) is 3.40. The first-order chi connectivity index (χ1) is 13.1. The van der Waals surface area contributed by atoms with Crippen LogP contribution >= 0.6 is 11.6 Å². The first-order valence-corrected chi connectivity index (χ1v) is 9.52. The standard InChI is InChI=1S/C21H24ClN3O2/c1-24(15-19(26)23-18-12-6-5-11-17(18)22)20(16-9-3-2-4-10-16)21(27)25-13-7-8-14-25/h2-6,9-12,20H,7-8,13-15H2,1H3,(H,23,26)/t20-/m0/s1. The molecule has 0 aromatic heterocycles. The van der Waals surface area contributed by atoms with Crippen LogP contribution in [0.4, 0.5) is 5.69 Å². The number of para-hydroxylation sites is 1. The molecule has 0 saturated carbocycles. The maximum Gasteiger partial charge on any atom is 0.244 e. The fourth-order valence-corrected chi connectivity index (χ4v) is 3.58. The van der Waals surface area contributed by atoms with Crippen molar-refractivity contribution in [1.29, 1.82) is 0 Å². The molecule has 1 aliphatic rings. The van der Waals surface area contributed by atoms with E-state index in [4.69, 9.17) is 11.6 Å². The Kier molecular flexibility index (Phi) is 6.48. The molecule has 5 nitrogen and oxygen atoms in total. The van der Waals surface area contributed by atoms with Gasteiger partial charge in [-0.25, -0.2) is 0 Å². The van der Waals surface area contributed by atoms with E-state index in [1.165, 1.54) is 0 Å². The lowest BCUT2D eigenvalue weighted by molar-refractivity contribution is -0.136. The third kappa shape index (κ3) is 4.87. The summed E-state index contributed by atoms with van der Waals surface area (Å²) in [7, 11) is 1.80. The van der Waals surface area contributed by atoms with Crippen molar-refractivity contribution in [2.45, 2.75) is 18.9 Å². The van der Waals surface area contributed by atoms with E-state index in [1.807, 2.05) is 47.4 Å². The first kappa shape index (κ1) is 19.4. The van der Waals surface area contributed by atoms with Crippen LogP contribution in [0.3, 0.4) is 0 Å². The van der Waals surface area contributed by atoms with Crippen molar-refractivity contribution in [3.8, 4) is 0 Å². The number of carbonyl (C=O) groups is 2. The van der Waals surface area contributed by atoms with Crippen LogP contribution in [0.5, 0.6) is 0 Å². The molecule has 1 saturated heterocycles. The summed E-state index contributed by atoms with van der Waals surface area (Å²) in [4.78, 5) is 29.3. The van der Waals surface area contributed by atoms with Crippen LogP contribution in [0.2, 0.25) is 5.02 Å². The summed E-state index contributed by atoms with van der Waals surface area (Å²) in [5.74, 6) is -0.160. The highest BCUT2D eigenvalue weighted by Crippen LogP contribution is 2.25. The maximum absolute atomic E-state index is 13.1. The molecular weight excluding hydrogens is 362 g/mol. The van der Waals surface area contributed by atoms with Gasteiger partial charge in [0.2, 0.25) is 11.8 Å². The van der Waals surface area contributed by atoms with Crippen LogP contribution in [0.25, 0.3) is 0 Å². The second kappa shape index (κ2) is 9.02. The Bertz CT molecular complexity index is 791. The number of rotatable bonds is 6. The number of benzene rings is 2. The van der Waals surface area contributed by atoms with Crippen LogP contribution in [0.15, 0.2) is 54.6 Å². The van der Waals surface area contributed by atoms with Crippen molar-refractivity contribution in [3.63, 3.8) is 0 Å². The summed E-state index contributed by atoms with van der Waals surface area (Å²) in [6.45, 7) is 1.65. The zero-order chi connectivity index (χ0) is 19.2. The van der Waals surface area contributed by atoms with Crippen LogP contribution in [0.1, 0.15) is 24.4 Å². The number of halogens is 1. The quantitative estimate of drug-likeness (QED) is 0.827. The van der Waals surface area contributed by atoms with Gasteiger partial charge >= 0.3 is 0 Å². The molecular formula is C21H24ClN3O2. The van der Waals surface area contributed by atoms with Crippen LogP contribution < -0.4 is 5.32 Å². The van der Waals surface area contributed by atoms with Crippen molar-refractivity contribution in [2.24, 2.45) is 0 Å². The molecule has 2 aromatic rings. The predicted molar refractivity (Wildman–Crippen MR) is 108 cm³/mol. The van der Waals surface area contributed by atoms with Gasteiger partial charge in [0.05, 0.1) is 17.3 Å². The van der Waals surface area contributed by atoms with Crippen molar-refractivity contribution in [1.82, 2.24) is 9.80 Å². The lowest BCUT2D eigenvalue weighted by atomic mass is 10.0. The van der Waals surface area contributed by atoms with E-state index in [0.29, 0.717) is 10.7 Å². The molecule has 1 N–H and O–H groups in total. The van der Waals surface area contributed by atoms with E-state index >= 15 is 0 Å². The van der Waals surface area contributed by atoms with E-state index in [1.54, 1.807) is 24.1 Å². The van der Waals surface area contributed by atoms with E-state index < -0.39 is 6.04 Å². The molecule has 1 fully saturated rings. The lowest BCUT2D eigenvalue weighted by Crippen LogP contribution is -2.43. The Morgan fingerprint density at radius 1 is 1.07 bits per heavy atom. The molecule has 0 spiro atoms. The molecule has 2 aromatic carbocycles. The Morgan fingerprint density at radius 3 is 2.37 bits per heavy atom. The number of likely N-dealkylation sites (N-methyl/N-ethyl adjacent to an activating group) is 1. The van der Waals surface area contributed by atoms with Crippen LogP contribution in [-0.4, -0.2) is 48.3 Å². The van der Waals surface area contributed by atoms with E-state index in [0.717, 1.165) is 31.5 Å². The lowest BCUT2D eigenvalue weighted by Gasteiger charge is -2.30. The summed E-state index contributed by atoms with van der Waals surface area (Å²) in [5.41, 5.74) is 1.46. The molecule has 0 bridgehead atoms. The zero-order valence-electron chi connectivity index (χ0n) is 15.4. The second-order valence-corrected chi connectivity index (χ2v) is 7.20. The number of nitrogens with zero attached hydrogens (tertiary/aromatic N) is 2. The topological polar surface area (TPSA) is 52.7 Å². The third-order valence-corrected chi connectivity index (χ3v) is 5.08. The molecule has 142 valence electrons. The van der Waals surface area contributed by atoms with Gasteiger partial charge in [-0.1, -0.05) is 54.1 Å². The summed E-state index contributed by atoms with van der Waals surface area (Å²) in [6.07, 6.45) is 2.06. The molecule has 0 aliphatic carbocycles. The normalized spacial score (nSPS) is 15.0. The molecule has 27 heavy (non-hydrogen) atoms. The molecule has 1 atom stereocenters. The molecule has 6 heteroatoms. The van der Waals surface area contributed by atoms with Gasteiger partial charge < -0.3 is 10.2 Å². The average Bonchev–Trinajstić information content (AvgIpc) is 3.19. The molecule has 0 radical (unpaired) electrons. The van der Waals surface area contributed by atoms with Gasteiger partial charge in [-0.15, -0.1) is 0 Å². The van der Waals surface area contributed by atoms with Gasteiger partial charge in [0, 0.05) is 13.1 Å². The van der Waals surface area contributed by atoms with Gasteiger partial charge in [-0.05, 0) is 37.6 Å². The number of anilines is 1. The Hall–Kier alpha value is -2.37. The number of carbonyl (C=O) groups excluding carboxylic acids is 2. The fraction of sp³-hybridized carbons (Fsp3) is 0.333. The zero-order valence-corrected chi connectivity index (χ0v) is 16.2. The van der Waals surface area contributed by atoms with Gasteiger partial charge in [0.25, 0.3) is 0 Å². The van der Waals surface area contributed by atoms with Crippen molar-refractivity contribution >= 4 is 29.1 Å². The van der Waals surface area contributed by atoms with Crippen molar-refractivity contribution < 1.29 is 9.59 Å². The summed E-state index contributed by atoms with van der Waals surface area (Å²) in [6, 6.07) is 16.2. The second-order valence-electron chi connectivity index (χ2n) is 6.79. The van der Waals surface area contributed by atoms with Gasteiger partial charge in [0.15, 0.2) is 0 Å². The Morgan fingerprint density at radius 2 is 1.70 bits per heavy atom. The summed E-state index contributed by atoms with van der Waals surface area (Å²) >= 11 is 6.11. The smallest absolute Gasteiger partial charge is 0.244 e. The third-order valence-electron chi connectivity index (χ3n) is 4.75. The highest BCUT2D eigenvalue weighted by Gasteiger charge is 2.31. The van der Waals surface area contributed by atoms with Crippen molar-refractivity contribution in [3.05, 3.63) is 65.2 Å². The Labute approximate surface area is 164 Å². The van der Waals surface area contributed by atoms with Gasteiger partial charge in [-0.3, -0.25) is 14.5 Å². The van der Waals surface area contributed by atoms with Gasteiger partial charge in [0.1, 0.15) is 6.04 Å². The van der Waals surface area contributed by atoms with Crippen LogP contribution in [-0.2, 0) is 9.59 Å². The van der Waals surface area contributed by atoms with E-state index in [2.05, 4.69) is 5.32 Å². The molecule has 1 heterocycles. The minimum Gasteiger partial charge on any atom is -0.341 e. The number of nitrogens with one attached hydrogen (secondary N) is 1. The average molecular weight is 386 g/mol. The number of hydrogen-bond donors (Lipinski definition) is 1.